The Morgan fingerprint density at radius 1 is 1.05 bits per heavy atom. The number of carboxylic acid groups (broad SMARTS) is 1. The largest absolute Gasteiger partial charge is 0.480 e. The highest BCUT2D eigenvalue weighted by molar-refractivity contribution is 5.82. The van der Waals surface area contributed by atoms with Crippen molar-refractivity contribution in [2.45, 2.75) is 70.9 Å². The van der Waals surface area contributed by atoms with Crippen LogP contribution in [0, 0.1) is 0 Å². The van der Waals surface area contributed by atoms with E-state index in [1.54, 1.807) is 7.11 Å². The molecule has 6 heteroatoms. The van der Waals surface area contributed by atoms with Gasteiger partial charge in [-0.1, -0.05) is 33.1 Å². The average Bonchev–Trinajstić information content (AvgIpc) is 2.44. The third kappa shape index (κ3) is 10.1. The molecule has 0 aliphatic carbocycles. The second-order valence-electron chi connectivity index (χ2n) is 5.27. The van der Waals surface area contributed by atoms with Gasteiger partial charge in [-0.25, -0.2) is 9.59 Å². The third-order valence-electron chi connectivity index (χ3n) is 3.32. The number of aliphatic carboxylic acids is 1. The van der Waals surface area contributed by atoms with Gasteiger partial charge in [0, 0.05) is 19.8 Å². The van der Waals surface area contributed by atoms with Crippen molar-refractivity contribution in [1.29, 1.82) is 0 Å². The Hall–Kier alpha value is -1.30. The number of carbonyl (C=O) groups is 2. The van der Waals surface area contributed by atoms with Crippen LogP contribution in [0.4, 0.5) is 4.79 Å². The predicted octanol–water partition coefficient (Wildman–Crippen LogP) is 2.52. The molecular weight excluding hydrogens is 272 g/mol. The van der Waals surface area contributed by atoms with Gasteiger partial charge in [-0.3, -0.25) is 0 Å². The minimum Gasteiger partial charge on any atom is -0.480 e. The number of hydrogen-bond acceptors (Lipinski definition) is 3. The minimum atomic E-state index is -1.01. The van der Waals surface area contributed by atoms with Gasteiger partial charge in [-0.05, 0) is 25.7 Å². The Kier molecular flexibility index (Phi) is 11.7. The Bertz CT molecular complexity index is 297. The highest BCUT2D eigenvalue weighted by Crippen LogP contribution is 2.07. The van der Waals surface area contributed by atoms with Crippen molar-refractivity contribution in [1.82, 2.24) is 10.6 Å². The summed E-state index contributed by atoms with van der Waals surface area (Å²) in [5.74, 6) is -1.01. The summed E-state index contributed by atoms with van der Waals surface area (Å²) in [7, 11) is 1.57. The number of urea groups is 1. The maximum Gasteiger partial charge on any atom is 0.326 e. The fourth-order valence-electron chi connectivity index (χ4n) is 2.16. The van der Waals surface area contributed by atoms with Crippen molar-refractivity contribution < 1.29 is 19.4 Å². The molecule has 124 valence electrons. The highest BCUT2D eigenvalue weighted by atomic mass is 16.5. The number of carboxylic acids is 1. The van der Waals surface area contributed by atoms with Crippen LogP contribution in [0.25, 0.3) is 0 Å². The second-order valence-corrected chi connectivity index (χ2v) is 5.27. The Morgan fingerprint density at radius 3 is 2.29 bits per heavy atom. The Morgan fingerprint density at radius 2 is 1.76 bits per heavy atom. The molecule has 2 atom stereocenters. The van der Waals surface area contributed by atoms with Gasteiger partial charge >= 0.3 is 12.0 Å². The number of amides is 2. The summed E-state index contributed by atoms with van der Waals surface area (Å²) in [6.45, 7) is 4.67. The molecule has 3 N–H and O–H groups in total. The van der Waals surface area contributed by atoms with E-state index in [0.717, 1.165) is 32.1 Å². The van der Waals surface area contributed by atoms with E-state index >= 15 is 0 Å². The fraction of sp³-hybridized carbons (Fsp3) is 0.867. The van der Waals surface area contributed by atoms with Crippen LogP contribution in [0.3, 0.4) is 0 Å². The molecule has 0 aliphatic rings. The van der Waals surface area contributed by atoms with Gasteiger partial charge in [-0.15, -0.1) is 0 Å². The lowest BCUT2D eigenvalue weighted by Crippen LogP contribution is -2.49. The summed E-state index contributed by atoms with van der Waals surface area (Å²) in [5, 5.41) is 14.5. The van der Waals surface area contributed by atoms with Crippen molar-refractivity contribution >= 4 is 12.0 Å². The Balaban J connectivity index is 4.28. The van der Waals surface area contributed by atoms with Gasteiger partial charge in [0.1, 0.15) is 6.04 Å². The third-order valence-corrected chi connectivity index (χ3v) is 3.32. The van der Waals surface area contributed by atoms with Gasteiger partial charge in [-0.2, -0.15) is 0 Å². The zero-order chi connectivity index (χ0) is 16.1. The topological polar surface area (TPSA) is 87.7 Å². The first-order valence-corrected chi connectivity index (χ1v) is 7.83. The lowest BCUT2D eigenvalue weighted by atomic mass is 10.1. The van der Waals surface area contributed by atoms with E-state index in [0.29, 0.717) is 19.4 Å². The smallest absolute Gasteiger partial charge is 0.326 e. The fourth-order valence-corrected chi connectivity index (χ4v) is 2.16. The number of carbonyl (C=O) groups excluding carboxylic acids is 1. The summed E-state index contributed by atoms with van der Waals surface area (Å²) < 4.78 is 4.90. The van der Waals surface area contributed by atoms with Crippen molar-refractivity contribution in [2.75, 3.05) is 13.7 Å². The average molecular weight is 302 g/mol. The summed E-state index contributed by atoms with van der Waals surface area (Å²) in [6, 6.07) is -1.15. The molecule has 0 aromatic heterocycles. The van der Waals surface area contributed by atoms with Crippen LogP contribution in [0.1, 0.15) is 58.8 Å². The zero-order valence-corrected chi connectivity index (χ0v) is 13.5. The number of rotatable bonds is 12. The molecule has 0 heterocycles. The lowest BCUT2D eigenvalue weighted by molar-refractivity contribution is -0.139. The number of methoxy groups -OCH3 is 1. The zero-order valence-electron chi connectivity index (χ0n) is 13.5. The van der Waals surface area contributed by atoms with E-state index < -0.39 is 18.0 Å². The molecular formula is C15H30N2O4. The summed E-state index contributed by atoms with van der Waals surface area (Å²) in [5.41, 5.74) is 0. The molecule has 2 amide bonds. The van der Waals surface area contributed by atoms with Crippen molar-refractivity contribution in [2.24, 2.45) is 0 Å². The maximum atomic E-state index is 11.9. The molecule has 21 heavy (non-hydrogen) atoms. The van der Waals surface area contributed by atoms with Crippen molar-refractivity contribution in [3.63, 3.8) is 0 Å². The molecule has 6 nitrogen and oxygen atoms in total. The van der Waals surface area contributed by atoms with Crippen LogP contribution in [0.2, 0.25) is 0 Å². The number of hydrogen-bond donors (Lipinski definition) is 3. The van der Waals surface area contributed by atoms with Gasteiger partial charge < -0.3 is 20.5 Å². The molecule has 0 radical (unpaired) electrons. The number of unbranched alkanes of at least 4 members (excludes halogenated alkanes) is 1. The molecule has 2 unspecified atom stereocenters. The van der Waals surface area contributed by atoms with Crippen LogP contribution in [0.5, 0.6) is 0 Å². The molecule has 0 rings (SSSR count). The summed E-state index contributed by atoms with van der Waals surface area (Å²) in [6.07, 6.45) is 5.93. The standard InChI is InChI=1S/C15H30N2O4/c1-4-6-9-12(8-5-2)16-15(20)17-13(14(18)19)10-7-11-21-3/h12-13H,4-11H2,1-3H3,(H,18,19)(H2,16,17,20). The summed E-state index contributed by atoms with van der Waals surface area (Å²) >= 11 is 0. The molecule has 0 bridgehead atoms. The van der Waals surface area contributed by atoms with Gasteiger partial charge in [0.15, 0.2) is 0 Å². The molecule has 0 aliphatic heterocycles. The quantitative estimate of drug-likeness (QED) is 0.483. The van der Waals surface area contributed by atoms with E-state index in [-0.39, 0.29) is 6.04 Å². The first kappa shape index (κ1) is 19.7. The van der Waals surface area contributed by atoms with Crippen LogP contribution in [-0.2, 0) is 9.53 Å². The lowest BCUT2D eigenvalue weighted by Gasteiger charge is -2.20. The maximum absolute atomic E-state index is 11.9. The normalized spacial score (nSPS) is 13.5. The molecule has 0 aromatic carbocycles. The SMILES string of the molecule is CCCCC(CCC)NC(=O)NC(CCCOC)C(=O)O. The number of ether oxygens (including phenoxy) is 1. The number of nitrogens with one attached hydrogen (secondary N) is 2. The van der Waals surface area contributed by atoms with Crippen LogP contribution in [0.15, 0.2) is 0 Å². The molecule has 0 fully saturated rings. The van der Waals surface area contributed by atoms with Crippen LogP contribution in [-0.4, -0.2) is 42.9 Å². The van der Waals surface area contributed by atoms with Gasteiger partial charge in [0.25, 0.3) is 0 Å². The molecule has 0 aromatic rings. The van der Waals surface area contributed by atoms with E-state index in [9.17, 15) is 9.59 Å². The van der Waals surface area contributed by atoms with Crippen LogP contribution < -0.4 is 10.6 Å². The second kappa shape index (κ2) is 12.4. The molecule has 0 spiro atoms. The summed E-state index contributed by atoms with van der Waals surface area (Å²) in [4.78, 5) is 23.1. The van der Waals surface area contributed by atoms with Gasteiger partial charge in [0.2, 0.25) is 0 Å². The molecule has 0 saturated heterocycles. The predicted molar refractivity (Wildman–Crippen MR) is 82.4 cm³/mol. The van der Waals surface area contributed by atoms with Crippen LogP contribution >= 0.6 is 0 Å². The first-order chi connectivity index (χ1) is 10.0. The van der Waals surface area contributed by atoms with Gasteiger partial charge in [0.05, 0.1) is 0 Å². The monoisotopic (exact) mass is 302 g/mol. The molecule has 0 saturated carbocycles. The highest BCUT2D eigenvalue weighted by Gasteiger charge is 2.20. The minimum absolute atomic E-state index is 0.114. The van der Waals surface area contributed by atoms with E-state index in [1.807, 2.05) is 0 Å². The Labute approximate surface area is 127 Å². The van der Waals surface area contributed by atoms with Crippen molar-refractivity contribution in [3.8, 4) is 0 Å². The van der Waals surface area contributed by atoms with E-state index in [1.165, 1.54) is 0 Å². The van der Waals surface area contributed by atoms with Crippen molar-refractivity contribution in [3.05, 3.63) is 0 Å². The first-order valence-electron chi connectivity index (χ1n) is 7.83. The van der Waals surface area contributed by atoms with E-state index in [2.05, 4.69) is 24.5 Å². The van der Waals surface area contributed by atoms with E-state index in [4.69, 9.17) is 9.84 Å².